The van der Waals surface area contributed by atoms with Crippen LogP contribution in [0.3, 0.4) is 0 Å². The number of benzene rings is 2. The summed E-state index contributed by atoms with van der Waals surface area (Å²) < 4.78 is 6.10. The summed E-state index contributed by atoms with van der Waals surface area (Å²) in [5.74, 6) is -0.0660. The molecular weight excluding hydrogens is 398 g/mol. The monoisotopic (exact) mass is 423 g/mol. The highest BCUT2D eigenvalue weighted by atomic mass is 32.1. The fraction of sp³-hybridized carbons (Fsp3) is 0.348. The SMILES string of the molecule is COC(=O)[C@@H](Cc1ccccc1)NC(=O)N1CCC(c2nc3ccccc3s2)CC1. The lowest BCUT2D eigenvalue weighted by molar-refractivity contribution is -0.142. The van der Waals surface area contributed by atoms with E-state index in [1.165, 1.54) is 11.8 Å². The van der Waals surface area contributed by atoms with Crippen molar-refractivity contribution in [3.63, 3.8) is 0 Å². The molecule has 4 rings (SSSR count). The highest BCUT2D eigenvalue weighted by Gasteiger charge is 2.29. The van der Waals surface area contributed by atoms with Crippen molar-refractivity contribution < 1.29 is 14.3 Å². The van der Waals surface area contributed by atoms with Crippen molar-refractivity contribution in [2.24, 2.45) is 0 Å². The lowest BCUT2D eigenvalue weighted by Crippen LogP contribution is -2.51. The molecule has 3 aromatic rings. The minimum absolute atomic E-state index is 0.218. The van der Waals surface area contributed by atoms with E-state index in [9.17, 15) is 9.59 Å². The van der Waals surface area contributed by atoms with Gasteiger partial charge in [-0.25, -0.2) is 14.6 Å². The van der Waals surface area contributed by atoms with Crippen LogP contribution in [0, 0.1) is 0 Å². The highest BCUT2D eigenvalue weighted by Crippen LogP contribution is 2.33. The largest absolute Gasteiger partial charge is 0.467 e. The van der Waals surface area contributed by atoms with Crippen molar-refractivity contribution in [2.75, 3.05) is 20.2 Å². The second-order valence-electron chi connectivity index (χ2n) is 7.50. The molecule has 1 aliphatic heterocycles. The Morgan fingerprint density at radius 3 is 2.53 bits per heavy atom. The molecular formula is C23H25N3O3S. The number of hydrogen-bond acceptors (Lipinski definition) is 5. The highest BCUT2D eigenvalue weighted by molar-refractivity contribution is 7.18. The number of thiazole rings is 1. The van der Waals surface area contributed by atoms with Crippen LogP contribution in [0.2, 0.25) is 0 Å². The Kier molecular flexibility index (Phi) is 6.28. The Morgan fingerprint density at radius 1 is 1.13 bits per heavy atom. The summed E-state index contributed by atoms with van der Waals surface area (Å²) in [5.41, 5.74) is 2.02. The average Bonchev–Trinajstić information content (AvgIpc) is 3.23. The van der Waals surface area contributed by atoms with Crippen LogP contribution < -0.4 is 5.32 Å². The molecule has 1 atom stereocenters. The number of likely N-dealkylation sites (tertiary alicyclic amines) is 1. The summed E-state index contributed by atoms with van der Waals surface area (Å²) in [5, 5.41) is 4.01. The number of urea groups is 1. The average molecular weight is 424 g/mol. The third-order valence-electron chi connectivity index (χ3n) is 5.51. The number of hydrogen-bond donors (Lipinski definition) is 1. The predicted octanol–water partition coefficient (Wildman–Crippen LogP) is 3.97. The molecule has 6 nitrogen and oxygen atoms in total. The minimum atomic E-state index is -0.702. The van der Waals surface area contributed by atoms with Crippen molar-refractivity contribution >= 4 is 33.6 Å². The van der Waals surface area contributed by atoms with Crippen LogP contribution >= 0.6 is 11.3 Å². The maximum absolute atomic E-state index is 12.8. The van der Waals surface area contributed by atoms with E-state index in [0.717, 1.165) is 28.9 Å². The van der Waals surface area contributed by atoms with Gasteiger partial charge in [-0.2, -0.15) is 0 Å². The van der Waals surface area contributed by atoms with Gasteiger partial charge in [0.1, 0.15) is 6.04 Å². The molecule has 0 saturated carbocycles. The van der Waals surface area contributed by atoms with Gasteiger partial charge in [-0.3, -0.25) is 0 Å². The van der Waals surface area contributed by atoms with E-state index >= 15 is 0 Å². The summed E-state index contributed by atoms with van der Waals surface area (Å²) >= 11 is 1.74. The number of fused-ring (bicyclic) bond motifs is 1. The zero-order valence-corrected chi connectivity index (χ0v) is 17.7. The van der Waals surface area contributed by atoms with Gasteiger partial charge in [0.05, 0.1) is 22.3 Å². The van der Waals surface area contributed by atoms with Gasteiger partial charge >= 0.3 is 12.0 Å². The molecule has 2 aromatic carbocycles. The summed E-state index contributed by atoms with van der Waals surface area (Å²) in [6.45, 7) is 1.29. The van der Waals surface area contributed by atoms with Crippen molar-refractivity contribution in [3.05, 3.63) is 65.2 Å². The first kappa shape index (κ1) is 20.3. The molecule has 7 heteroatoms. The molecule has 0 bridgehead atoms. The first-order valence-electron chi connectivity index (χ1n) is 10.2. The van der Waals surface area contributed by atoms with Gasteiger partial charge in [0.2, 0.25) is 0 Å². The van der Waals surface area contributed by atoms with Gasteiger partial charge in [-0.05, 0) is 30.5 Å². The van der Waals surface area contributed by atoms with Crippen LogP contribution in [0.25, 0.3) is 10.2 Å². The number of piperidine rings is 1. The van der Waals surface area contributed by atoms with Crippen LogP contribution in [0.1, 0.15) is 29.3 Å². The number of carbonyl (C=O) groups is 2. The zero-order chi connectivity index (χ0) is 20.9. The number of nitrogens with one attached hydrogen (secondary N) is 1. The summed E-state index contributed by atoms with van der Waals surface area (Å²) in [6.07, 6.45) is 2.14. The second kappa shape index (κ2) is 9.26. The molecule has 0 unspecified atom stereocenters. The van der Waals surface area contributed by atoms with Gasteiger partial charge in [0, 0.05) is 25.4 Å². The third-order valence-corrected chi connectivity index (χ3v) is 6.71. The van der Waals surface area contributed by atoms with Gasteiger partial charge < -0.3 is 15.0 Å². The maximum atomic E-state index is 12.8. The second-order valence-corrected chi connectivity index (χ2v) is 8.56. The summed E-state index contributed by atoms with van der Waals surface area (Å²) in [6, 6.07) is 16.9. The topological polar surface area (TPSA) is 71.5 Å². The number of para-hydroxylation sites is 1. The summed E-state index contributed by atoms with van der Waals surface area (Å²) in [7, 11) is 1.34. The van der Waals surface area contributed by atoms with E-state index in [0.29, 0.717) is 25.4 Å². The van der Waals surface area contributed by atoms with Crippen molar-refractivity contribution in [1.82, 2.24) is 15.2 Å². The number of rotatable bonds is 5. The smallest absolute Gasteiger partial charge is 0.328 e. The summed E-state index contributed by atoms with van der Waals surface area (Å²) in [4.78, 5) is 31.5. The Bertz CT molecular complexity index is 980. The lowest BCUT2D eigenvalue weighted by Gasteiger charge is -2.32. The number of amides is 2. The number of nitrogens with zero attached hydrogens (tertiary/aromatic N) is 2. The maximum Gasteiger partial charge on any atom is 0.328 e. The van der Waals surface area contributed by atoms with E-state index in [2.05, 4.69) is 11.4 Å². The van der Waals surface area contributed by atoms with Crippen LogP contribution in [0.4, 0.5) is 4.79 Å². The Balaban J connectivity index is 1.36. The molecule has 30 heavy (non-hydrogen) atoms. The number of esters is 1. The van der Waals surface area contributed by atoms with Crippen molar-refractivity contribution in [2.45, 2.75) is 31.2 Å². The molecule has 0 radical (unpaired) electrons. The molecule has 2 amide bonds. The first-order valence-corrected chi connectivity index (χ1v) is 11.0. The Labute approximate surface area is 179 Å². The van der Waals surface area contributed by atoms with E-state index in [-0.39, 0.29) is 6.03 Å². The van der Waals surface area contributed by atoms with E-state index in [1.54, 1.807) is 16.2 Å². The van der Waals surface area contributed by atoms with E-state index in [4.69, 9.17) is 9.72 Å². The molecule has 2 heterocycles. The molecule has 0 aliphatic carbocycles. The van der Waals surface area contributed by atoms with Gasteiger partial charge in [0.15, 0.2) is 0 Å². The van der Waals surface area contributed by atoms with Gasteiger partial charge in [-0.15, -0.1) is 11.3 Å². The third kappa shape index (κ3) is 4.62. The number of methoxy groups -OCH3 is 1. The van der Waals surface area contributed by atoms with Gasteiger partial charge in [-0.1, -0.05) is 42.5 Å². The number of ether oxygens (including phenoxy) is 1. The zero-order valence-electron chi connectivity index (χ0n) is 16.9. The molecule has 0 spiro atoms. The Hall–Kier alpha value is -2.93. The van der Waals surface area contributed by atoms with Crippen molar-refractivity contribution in [3.8, 4) is 0 Å². The Morgan fingerprint density at radius 2 is 1.83 bits per heavy atom. The predicted molar refractivity (Wildman–Crippen MR) is 118 cm³/mol. The normalized spacial score (nSPS) is 15.7. The first-order chi connectivity index (χ1) is 14.6. The molecule has 1 aliphatic rings. The van der Waals surface area contributed by atoms with Crippen LogP contribution in [0.5, 0.6) is 0 Å². The standard InChI is InChI=1S/C23H25N3O3S/c1-29-22(27)19(15-16-7-3-2-4-8-16)25-23(28)26-13-11-17(12-14-26)21-24-18-9-5-6-10-20(18)30-21/h2-10,17,19H,11-15H2,1H3,(H,25,28)/t19-/m1/s1. The minimum Gasteiger partial charge on any atom is -0.467 e. The fourth-order valence-corrected chi connectivity index (χ4v) is 4.96. The van der Waals surface area contributed by atoms with Crippen molar-refractivity contribution in [1.29, 1.82) is 0 Å². The number of carbonyl (C=O) groups excluding carboxylic acids is 2. The fourth-order valence-electron chi connectivity index (χ4n) is 3.82. The molecule has 1 fully saturated rings. The van der Waals surface area contributed by atoms with Gasteiger partial charge in [0.25, 0.3) is 0 Å². The van der Waals surface area contributed by atoms with E-state index in [1.807, 2.05) is 48.5 Å². The van der Waals surface area contributed by atoms with Crippen LogP contribution in [-0.4, -0.2) is 48.1 Å². The quantitative estimate of drug-likeness (QED) is 0.631. The molecule has 1 saturated heterocycles. The van der Waals surface area contributed by atoms with E-state index < -0.39 is 12.0 Å². The molecule has 156 valence electrons. The molecule has 1 aromatic heterocycles. The lowest BCUT2D eigenvalue weighted by atomic mass is 9.98. The molecule has 1 N–H and O–H groups in total. The van der Waals surface area contributed by atoms with Crippen LogP contribution in [0.15, 0.2) is 54.6 Å². The number of aromatic nitrogens is 1. The van der Waals surface area contributed by atoms with Crippen LogP contribution in [-0.2, 0) is 16.0 Å².